The first-order valence-electron chi connectivity index (χ1n) is 7.80. The largest absolute Gasteiger partial charge is 0.346 e. The number of hydrogen-bond acceptors (Lipinski definition) is 3. The summed E-state index contributed by atoms with van der Waals surface area (Å²) in [6, 6.07) is 19.5. The van der Waals surface area contributed by atoms with Gasteiger partial charge >= 0.3 is 0 Å². The number of aliphatic imine (C=N–C) groups is 1. The first-order chi connectivity index (χ1) is 10.9. The minimum Gasteiger partial charge on any atom is -0.346 e. The predicted molar refractivity (Wildman–Crippen MR) is 91.9 cm³/mol. The van der Waals surface area contributed by atoms with Crippen molar-refractivity contribution in [2.45, 2.75) is 18.9 Å². The first kappa shape index (κ1) is 13.3. The minimum absolute atomic E-state index is 0.384. The molecular formula is C19H19N3. The summed E-state index contributed by atoms with van der Waals surface area (Å²) in [7, 11) is 0. The van der Waals surface area contributed by atoms with Gasteiger partial charge in [-0.15, -0.1) is 0 Å². The highest BCUT2D eigenvalue weighted by Crippen LogP contribution is 2.36. The van der Waals surface area contributed by atoms with Crippen LogP contribution in [0.25, 0.3) is 5.70 Å². The van der Waals surface area contributed by atoms with Gasteiger partial charge in [0.2, 0.25) is 0 Å². The van der Waals surface area contributed by atoms with Crippen molar-refractivity contribution >= 4 is 17.7 Å². The maximum atomic E-state index is 4.64. The lowest BCUT2D eigenvalue weighted by Gasteiger charge is -2.28. The van der Waals surface area contributed by atoms with E-state index in [4.69, 9.17) is 0 Å². The van der Waals surface area contributed by atoms with Gasteiger partial charge in [-0.1, -0.05) is 48.5 Å². The monoisotopic (exact) mass is 289 g/mol. The van der Waals surface area contributed by atoms with Gasteiger partial charge in [0.1, 0.15) is 0 Å². The van der Waals surface area contributed by atoms with Crippen LogP contribution in [0.2, 0.25) is 0 Å². The lowest BCUT2D eigenvalue weighted by Crippen LogP contribution is -2.28. The zero-order valence-corrected chi connectivity index (χ0v) is 12.4. The molecule has 0 radical (unpaired) electrons. The highest BCUT2D eigenvalue weighted by molar-refractivity contribution is 5.93. The molecule has 22 heavy (non-hydrogen) atoms. The summed E-state index contributed by atoms with van der Waals surface area (Å²) in [5, 5.41) is 6.86. The van der Waals surface area contributed by atoms with Crippen molar-refractivity contribution in [2.24, 2.45) is 4.99 Å². The van der Waals surface area contributed by atoms with Crippen LogP contribution in [0.5, 0.6) is 0 Å². The molecule has 110 valence electrons. The van der Waals surface area contributed by atoms with Gasteiger partial charge in [-0.05, 0) is 36.6 Å². The van der Waals surface area contributed by atoms with Crippen LogP contribution in [-0.4, -0.2) is 12.9 Å². The molecular weight excluding hydrogens is 270 g/mol. The molecule has 1 unspecified atom stereocenters. The number of benzene rings is 2. The Balaban J connectivity index is 1.70. The average molecular weight is 289 g/mol. The molecule has 0 amide bonds. The fraction of sp³-hybridized carbons (Fsp3) is 0.211. The van der Waals surface area contributed by atoms with E-state index in [1.54, 1.807) is 0 Å². The maximum Gasteiger partial charge on any atom is 0.0930 e. The number of nitrogens with one attached hydrogen (secondary N) is 2. The molecule has 1 atom stereocenters. The topological polar surface area (TPSA) is 36.4 Å². The van der Waals surface area contributed by atoms with Gasteiger partial charge in [-0.2, -0.15) is 0 Å². The Morgan fingerprint density at radius 2 is 1.77 bits per heavy atom. The zero-order chi connectivity index (χ0) is 14.8. The summed E-state index contributed by atoms with van der Waals surface area (Å²) >= 11 is 0. The molecule has 0 aromatic heterocycles. The van der Waals surface area contributed by atoms with Crippen LogP contribution < -0.4 is 10.6 Å². The number of rotatable bonds is 1. The average Bonchev–Trinajstić information content (AvgIpc) is 2.62. The normalized spacial score (nSPS) is 23.7. The summed E-state index contributed by atoms with van der Waals surface area (Å²) in [6.45, 7) is 1.00. The van der Waals surface area contributed by atoms with Gasteiger partial charge in [-0.25, -0.2) is 4.99 Å². The van der Waals surface area contributed by atoms with Crippen molar-refractivity contribution in [2.75, 3.05) is 11.9 Å². The third-order valence-corrected chi connectivity index (χ3v) is 4.40. The van der Waals surface area contributed by atoms with Crippen molar-refractivity contribution in [3.05, 3.63) is 71.3 Å². The van der Waals surface area contributed by atoms with E-state index in [2.05, 4.69) is 70.2 Å². The fourth-order valence-corrected chi connectivity index (χ4v) is 3.29. The molecule has 4 rings (SSSR count). The van der Waals surface area contributed by atoms with Crippen molar-refractivity contribution in [3.8, 4) is 0 Å². The van der Waals surface area contributed by atoms with Gasteiger partial charge in [0.15, 0.2) is 0 Å². The van der Waals surface area contributed by atoms with Crippen molar-refractivity contribution < 1.29 is 0 Å². The Hall–Kier alpha value is -2.39. The maximum absolute atomic E-state index is 4.64. The van der Waals surface area contributed by atoms with E-state index < -0.39 is 0 Å². The third kappa shape index (κ3) is 2.44. The highest BCUT2D eigenvalue weighted by Gasteiger charge is 2.22. The molecule has 1 fully saturated rings. The standard InChI is InChI=1S/C19H19N3/c1-2-6-14(7-3-1)18-12-15(10-11-20-18)19-16-8-4-5-9-17(16)21-13-22-19/h1-9,13,18,20H,10-12H2,(H,21,22)/b19-15-. The molecule has 2 aliphatic heterocycles. The SMILES string of the molecule is C1=N/C(=C2/CCNC(c3ccccc3)C2)c2ccccc2N1. The molecule has 0 saturated carbocycles. The van der Waals surface area contributed by atoms with E-state index >= 15 is 0 Å². The molecule has 2 aromatic carbocycles. The Bertz CT molecular complexity index is 731. The molecule has 1 saturated heterocycles. The molecule has 2 N–H and O–H groups in total. The number of hydrogen-bond donors (Lipinski definition) is 2. The summed E-state index contributed by atoms with van der Waals surface area (Å²) < 4.78 is 0. The van der Waals surface area contributed by atoms with E-state index in [-0.39, 0.29) is 0 Å². The summed E-state index contributed by atoms with van der Waals surface area (Å²) in [4.78, 5) is 4.64. The third-order valence-electron chi connectivity index (χ3n) is 4.40. The second-order valence-corrected chi connectivity index (χ2v) is 5.77. The van der Waals surface area contributed by atoms with E-state index in [0.717, 1.165) is 30.8 Å². The quantitative estimate of drug-likeness (QED) is 0.833. The van der Waals surface area contributed by atoms with Gasteiger partial charge in [0.05, 0.1) is 12.0 Å². The van der Waals surface area contributed by atoms with Crippen LogP contribution >= 0.6 is 0 Å². The van der Waals surface area contributed by atoms with Gasteiger partial charge in [-0.3, -0.25) is 0 Å². The fourth-order valence-electron chi connectivity index (χ4n) is 3.29. The number of piperidine rings is 1. The van der Waals surface area contributed by atoms with Crippen molar-refractivity contribution in [1.82, 2.24) is 5.32 Å². The van der Waals surface area contributed by atoms with Gasteiger partial charge < -0.3 is 10.6 Å². The number of anilines is 1. The predicted octanol–water partition coefficient (Wildman–Crippen LogP) is 3.98. The molecule has 0 spiro atoms. The summed E-state index contributed by atoms with van der Waals surface area (Å²) in [5.41, 5.74) is 6.31. The lowest BCUT2D eigenvalue weighted by molar-refractivity contribution is 0.480. The molecule has 0 bridgehead atoms. The van der Waals surface area contributed by atoms with Crippen molar-refractivity contribution in [1.29, 1.82) is 0 Å². The molecule has 2 heterocycles. The zero-order valence-electron chi connectivity index (χ0n) is 12.4. The molecule has 0 aliphatic carbocycles. The van der Waals surface area contributed by atoms with E-state index in [1.165, 1.54) is 16.7 Å². The van der Waals surface area contributed by atoms with E-state index in [9.17, 15) is 0 Å². The highest BCUT2D eigenvalue weighted by atomic mass is 15.0. The van der Waals surface area contributed by atoms with Gasteiger partial charge in [0.25, 0.3) is 0 Å². The van der Waals surface area contributed by atoms with E-state index in [1.807, 2.05) is 6.34 Å². The molecule has 3 nitrogen and oxygen atoms in total. The van der Waals surface area contributed by atoms with Crippen LogP contribution in [0.4, 0.5) is 5.69 Å². The smallest absolute Gasteiger partial charge is 0.0930 e. The summed E-state index contributed by atoms with van der Waals surface area (Å²) in [5.74, 6) is 0. The number of para-hydroxylation sites is 1. The molecule has 2 aliphatic rings. The molecule has 2 aromatic rings. The van der Waals surface area contributed by atoms with Gasteiger partial charge in [0, 0.05) is 17.3 Å². The first-order valence-corrected chi connectivity index (χ1v) is 7.80. The second kappa shape index (κ2) is 5.78. The van der Waals surface area contributed by atoms with Crippen LogP contribution in [0.3, 0.4) is 0 Å². The second-order valence-electron chi connectivity index (χ2n) is 5.77. The summed E-state index contributed by atoms with van der Waals surface area (Å²) in [6.07, 6.45) is 3.89. The van der Waals surface area contributed by atoms with Crippen LogP contribution in [0, 0.1) is 0 Å². The number of nitrogens with zero attached hydrogens (tertiary/aromatic N) is 1. The van der Waals surface area contributed by atoms with E-state index in [0.29, 0.717) is 6.04 Å². The lowest BCUT2D eigenvalue weighted by atomic mass is 9.90. The Labute approximate surface area is 130 Å². The number of fused-ring (bicyclic) bond motifs is 1. The van der Waals surface area contributed by atoms with Crippen molar-refractivity contribution in [3.63, 3.8) is 0 Å². The van der Waals surface area contributed by atoms with Crippen LogP contribution in [0.1, 0.15) is 30.0 Å². The van der Waals surface area contributed by atoms with Crippen LogP contribution in [-0.2, 0) is 0 Å². The Kier molecular flexibility index (Phi) is 3.49. The minimum atomic E-state index is 0.384. The molecule has 3 heteroatoms. The Morgan fingerprint density at radius 3 is 2.68 bits per heavy atom. The Morgan fingerprint density at radius 1 is 0.955 bits per heavy atom. The van der Waals surface area contributed by atoms with Crippen LogP contribution in [0.15, 0.2) is 65.2 Å².